The summed E-state index contributed by atoms with van der Waals surface area (Å²) in [7, 11) is 0. The summed E-state index contributed by atoms with van der Waals surface area (Å²) in [5.41, 5.74) is 5.80. The van der Waals surface area contributed by atoms with Crippen molar-refractivity contribution >= 4 is 0 Å². The molecule has 5 rings (SSSR count). The first-order chi connectivity index (χ1) is 14.8. The molecule has 30 heavy (non-hydrogen) atoms. The quantitative estimate of drug-likeness (QED) is 0.612. The molecule has 3 aliphatic rings. The molecule has 3 heteroatoms. The molecule has 3 unspecified atom stereocenters. The molecular formula is C27H42N2O. The maximum Gasteiger partial charge on any atom is 0.0901 e. The van der Waals surface area contributed by atoms with Gasteiger partial charge in [0.1, 0.15) is 0 Å². The van der Waals surface area contributed by atoms with Gasteiger partial charge in [-0.3, -0.25) is 10.2 Å². The Hall–Kier alpha value is -1.68. The Bertz CT molecular complexity index is 688. The molecular weight excluding hydrogens is 368 g/mol. The Morgan fingerprint density at radius 1 is 0.867 bits per heavy atom. The molecule has 0 saturated carbocycles. The molecule has 0 radical (unpaired) electrons. The third-order valence-electron chi connectivity index (χ3n) is 5.55. The number of hydrogen-bond acceptors (Lipinski definition) is 3. The van der Waals surface area contributed by atoms with E-state index in [0.29, 0.717) is 12.0 Å². The van der Waals surface area contributed by atoms with Gasteiger partial charge in [-0.05, 0) is 35.1 Å². The number of nitrogens with one attached hydrogen (secondary N) is 1. The number of fused-ring (bicyclic) bond motifs is 5. The van der Waals surface area contributed by atoms with E-state index in [1.165, 1.54) is 28.7 Å². The van der Waals surface area contributed by atoms with Crippen molar-refractivity contribution in [3.63, 3.8) is 0 Å². The van der Waals surface area contributed by atoms with Crippen molar-refractivity contribution in [3.05, 3.63) is 70.8 Å². The van der Waals surface area contributed by atoms with Crippen LogP contribution in [0.15, 0.2) is 48.5 Å². The molecule has 0 amide bonds. The maximum atomic E-state index is 6.57. The first-order valence-electron chi connectivity index (χ1n) is 12.0. The number of benzene rings is 2. The third-order valence-corrected chi connectivity index (χ3v) is 5.55. The molecule has 3 atom stereocenters. The third kappa shape index (κ3) is 5.72. The molecule has 2 saturated heterocycles. The minimum Gasteiger partial charge on any atom is -0.368 e. The summed E-state index contributed by atoms with van der Waals surface area (Å²) >= 11 is 0. The Kier molecular flexibility index (Phi) is 10.6. The number of nitrogens with zero attached hydrogens (tertiary/aromatic N) is 1. The minimum absolute atomic E-state index is 0.217. The van der Waals surface area contributed by atoms with Crippen LogP contribution in [-0.2, 0) is 11.2 Å². The molecule has 2 aromatic carbocycles. The second-order valence-corrected chi connectivity index (χ2v) is 7.72. The van der Waals surface area contributed by atoms with Crippen LogP contribution in [0.3, 0.4) is 0 Å². The van der Waals surface area contributed by atoms with Crippen LogP contribution in [0.5, 0.6) is 0 Å². The molecule has 0 bridgehead atoms. The van der Waals surface area contributed by atoms with Crippen LogP contribution in [0.1, 0.15) is 88.7 Å². The average molecular weight is 411 g/mol. The van der Waals surface area contributed by atoms with Gasteiger partial charge in [-0.2, -0.15) is 0 Å². The number of rotatable bonds is 2. The van der Waals surface area contributed by atoms with Crippen molar-refractivity contribution in [2.45, 2.75) is 78.9 Å². The summed E-state index contributed by atoms with van der Waals surface area (Å²) in [6.07, 6.45) is 3.97. The van der Waals surface area contributed by atoms with Gasteiger partial charge >= 0.3 is 0 Å². The SMILES string of the molecule is CC.CC.CCC.c1ccc2c(c1)Cc1ccccc1C1OC(CN3CNC3)CC21. The zero-order chi connectivity index (χ0) is 21.9. The smallest absolute Gasteiger partial charge is 0.0901 e. The van der Waals surface area contributed by atoms with Crippen LogP contribution < -0.4 is 5.32 Å². The molecule has 2 heterocycles. The van der Waals surface area contributed by atoms with E-state index in [1.54, 1.807) is 0 Å². The largest absolute Gasteiger partial charge is 0.368 e. The number of ether oxygens (including phenoxy) is 1. The van der Waals surface area contributed by atoms with Gasteiger partial charge in [-0.15, -0.1) is 0 Å². The van der Waals surface area contributed by atoms with E-state index in [4.69, 9.17) is 4.74 Å². The summed E-state index contributed by atoms with van der Waals surface area (Å²) < 4.78 is 6.57. The fourth-order valence-electron chi connectivity index (χ4n) is 4.38. The van der Waals surface area contributed by atoms with Gasteiger partial charge in [0.15, 0.2) is 0 Å². The van der Waals surface area contributed by atoms with E-state index in [0.717, 1.165) is 32.7 Å². The fraction of sp³-hybridized carbons (Fsp3) is 0.556. The van der Waals surface area contributed by atoms with Crippen LogP contribution in [0.25, 0.3) is 0 Å². The van der Waals surface area contributed by atoms with Gasteiger partial charge in [0, 0.05) is 12.5 Å². The normalized spacial score (nSPS) is 23.3. The van der Waals surface area contributed by atoms with Crippen molar-refractivity contribution in [2.24, 2.45) is 0 Å². The van der Waals surface area contributed by atoms with Crippen molar-refractivity contribution < 1.29 is 4.74 Å². The van der Waals surface area contributed by atoms with Crippen LogP contribution in [0, 0.1) is 0 Å². The Balaban J connectivity index is 0.000000414. The molecule has 1 N–H and O–H groups in total. The lowest BCUT2D eigenvalue weighted by atomic mass is 9.87. The summed E-state index contributed by atoms with van der Waals surface area (Å²) in [4.78, 5) is 2.42. The molecule has 2 aromatic rings. The van der Waals surface area contributed by atoms with Crippen molar-refractivity contribution in [1.82, 2.24) is 10.2 Å². The lowest BCUT2D eigenvalue weighted by Gasteiger charge is -2.33. The Morgan fingerprint density at radius 2 is 1.40 bits per heavy atom. The second kappa shape index (κ2) is 12.9. The highest BCUT2D eigenvalue weighted by molar-refractivity contribution is 5.45. The Morgan fingerprint density at radius 3 is 1.97 bits per heavy atom. The van der Waals surface area contributed by atoms with Crippen LogP contribution >= 0.6 is 0 Å². The predicted molar refractivity (Wildman–Crippen MR) is 129 cm³/mol. The summed E-state index contributed by atoms with van der Waals surface area (Å²) in [5, 5.41) is 3.31. The zero-order valence-corrected chi connectivity index (χ0v) is 19.9. The van der Waals surface area contributed by atoms with Crippen molar-refractivity contribution in [1.29, 1.82) is 0 Å². The first kappa shape index (κ1) is 24.6. The lowest BCUT2D eigenvalue weighted by Crippen LogP contribution is -2.54. The van der Waals surface area contributed by atoms with E-state index < -0.39 is 0 Å². The van der Waals surface area contributed by atoms with Gasteiger partial charge < -0.3 is 4.74 Å². The summed E-state index contributed by atoms with van der Waals surface area (Å²) in [6.45, 7) is 15.3. The van der Waals surface area contributed by atoms with Gasteiger partial charge in [0.2, 0.25) is 0 Å². The van der Waals surface area contributed by atoms with E-state index in [9.17, 15) is 0 Å². The van der Waals surface area contributed by atoms with E-state index in [-0.39, 0.29) is 6.10 Å². The molecule has 1 aliphatic carbocycles. The molecule has 166 valence electrons. The van der Waals surface area contributed by atoms with Crippen LogP contribution in [-0.4, -0.2) is 30.9 Å². The summed E-state index contributed by atoms with van der Waals surface area (Å²) in [5.74, 6) is 0.495. The monoisotopic (exact) mass is 410 g/mol. The number of hydrogen-bond donors (Lipinski definition) is 1. The molecule has 2 fully saturated rings. The van der Waals surface area contributed by atoms with E-state index in [1.807, 2.05) is 27.7 Å². The highest BCUT2D eigenvalue weighted by Crippen LogP contribution is 2.49. The molecule has 2 aliphatic heterocycles. The first-order valence-corrected chi connectivity index (χ1v) is 12.0. The van der Waals surface area contributed by atoms with Gasteiger partial charge in [-0.1, -0.05) is 96.5 Å². The van der Waals surface area contributed by atoms with Crippen LogP contribution in [0.2, 0.25) is 0 Å². The molecule has 0 aromatic heterocycles. The van der Waals surface area contributed by atoms with Crippen molar-refractivity contribution in [3.8, 4) is 0 Å². The minimum atomic E-state index is 0.217. The Labute approximate surface area is 184 Å². The van der Waals surface area contributed by atoms with Crippen molar-refractivity contribution in [2.75, 3.05) is 19.9 Å². The van der Waals surface area contributed by atoms with Gasteiger partial charge in [0.05, 0.1) is 25.5 Å². The zero-order valence-electron chi connectivity index (χ0n) is 19.9. The van der Waals surface area contributed by atoms with Crippen LogP contribution in [0.4, 0.5) is 0 Å². The lowest BCUT2D eigenvalue weighted by molar-refractivity contribution is -0.000234. The highest BCUT2D eigenvalue weighted by Gasteiger charge is 2.41. The fourth-order valence-corrected chi connectivity index (χ4v) is 4.38. The maximum absolute atomic E-state index is 6.57. The van der Waals surface area contributed by atoms with E-state index in [2.05, 4.69) is 72.6 Å². The van der Waals surface area contributed by atoms with Gasteiger partial charge in [-0.25, -0.2) is 0 Å². The second-order valence-electron chi connectivity index (χ2n) is 7.72. The van der Waals surface area contributed by atoms with E-state index >= 15 is 0 Å². The summed E-state index contributed by atoms with van der Waals surface area (Å²) in [6, 6.07) is 17.8. The van der Waals surface area contributed by atoms with Gasteiger partial charge in [0.25, 0.3) is 0 Å². The topological polar surface area (TPSA) is 24.5 Å². The molecule has 3 nitrogen and oxygen atoms in total. The predicted octanol–water partition coefficient (Wildman–Crippen LogP) is 6.49. The standard InChI is InChI=1S/C20H22N2O.C3H8.2C2H6/c1-3-7-17-14(5-1)9-15-6-2-4-8-18(15)20-19(17)10-16(23-20)11-22-12-21-13-22;1-3-2;2*1-2/h1-8,16,19-21H,9-13H2;3H2,1-2H3;2*1-2H3. The highest BCUT2D eigenvalue weighted by atomic mass is 16.5. The average Bonchev–Trinajstić information content (AvgIpc) is 3.13. The molecule has 0 spiro atoms.